The highest BCUT2D eigenvalue weighted by molar-refractivity contribution is 5.91. The van der Waals surface area contributed by atoms with Gasteiger partial charge in [0.1, 0.15) is 6.04 Å². The van der Waals surface area contributed by atoms with Gasteiger partial charge in [0, 0.05) is 70.0 Å². The maximum Gasteiger partial charge on any atom is 0.418 e. The first-order valence-electron chi connectivity index (χ1n) is 17.7. The van der Waals surface area contributed by atoms with E-state index >= 15 is 0 Å². The van der Waals surface area contributed by atoms with Crippen LogP contribution in [0.25, 0.3) is 0 Å². The Balaban J connectivity index is 1.17. The molecular formula is C35H44F6N8O3. The van der Waals surface area contributed by atoms with Crippen LogP contribution in [-0.2, 0) is 30.0 Å². The lowest BCUT2D eigenvalue weighted by Crippen LogP contribution is -2.59. The van der Waals surface area contributed by atoms with Crippen LogP contribution in [0, 0.1) is 0 Å². The predicted molar refractivity (Wildman–Crippen MR) is 181 cm³/mol. The normalized spacial score (nSPS) is 20.6. The molecule has 5 N–H and O–H groups in total. The number of carbonyl (C=O) groups is 3. The number of benzene rings is 2. The number of anilines is 2. The summed E-state index contributed by atoms with van der Waals surface area (Å²) in [5.74, 6) is -0.590. The second-order valence-electron chi connectivity index (χ2n) is 13.9. The van der Waals surface area contributed by atoms with Crippen molar-refractivity contribution in [1.82, 2.24) is 30.2 Å². The van der Waals surface area contributed by atoms with Gasteiger partial charge in [-0.25, -0.2) is 9.59 Å². The monoisotopic (exact) mass is 738 g/mol. The van der Waals surface area contributed by atoms with Crippen LogP contribution in [0.3, 0.4) is 0 Å². The maximum atomic E-state index is 14.0. The number of nitrogens with one attached hydrogen (secondary N) is 3. The van der Waals surface area contributed by atoms with Crippen LogP contribution < -0.4 is 21.7 Å². The van der Waals surface area contributed by atoms with Crippen LogP contribution in [-0.4, -0.2) is 115 Å². The largest absolute Gasteiger partial charge is 0.418 e. The van der Waals surface area contributed by atoms with Crippen LogP contribution in [0.15, 0.2) is 36.4 Å². The van der Waals surface area contributed by atoms with Gasteiger partial charge < -0.3 is 36.4 Å². The standard InChI is InChI=1S/C35H44F6N8O3/c36-34(37,38)26-19-22(20-27(30(26)42)35(39,40)41)21-29(31(50)47-17-15-46(16-18-47)24-5-10-43-11-6-24)45-32(51)48-12-8-25(9-13-48)49-14-7-23-3-1-2-4-28(23)44-33(49)52/h1-4,19-20,24-25,29,43H,5-18,21,42H2,(H,44,52)(H,45,51)/t29-/m1/s1. The third-order valence-electron chi connectivity index (χ3n) is 10.7. The van der Waals surface area contributed by atoms with Gasteiger partial charge in [0.05, 0.1) is 16.8 Å². The molecule has 0 bridgehead atoms. The van der Waals surface area contributed by atoms with Crippen molar-refractivity contribution in [3.05, 3.63) is 58.7 Å². The Bertz CT molecular complexity index is 1580. The predicted octanol–water partition coefficient (Wildman–Crippen LogP) is 4.38. The first kappa shape index (κ1) is 37.5. The maximum absolute atomic E-state index is 14.0. The van der Waals surface area contributed by atoms with E-state index in [2.05, 4.69) is 20.9 Å². The minimum absolute atomic E-state index is 0.164. The number of urea groups is 2. The molecule has 0 aromatic heterocycles. The lowest BCUT2D eigenvalue weighted by molar-refractivity contribution is -0.141. The fraction of sp³-hybridized carbons (Fsp3) is 0.571. The molecule has 11 nitrogen and oxygen atoms in total. The Kier molecular flexibility index (Phi) is 11.1. The van der Waals surface area contributed by atoms with Crippen LogP contribution in [0.5, 0.6) is 0 Å². The molecule has 1 atom stereocenters. The van der Waals surface area contributed by atoms with Crippen LogP contribution in [0.2, 0.25) is 0 Å². The van der Waals surface area contributed by atoms with Gasteiger partial charge in [-0.1, -0.05) is 18.2 Å². The molecule has 0 radical (unpaired) electrons. The number of alkyl halides is 6. The number of halogens is 6. The van der Waals surface area contributed by atoms with E-state index in [0.29, 0.717) is 70.2 Å². The summed E-state index contributed by atoms with van der Waals surface area (Å²) in [7, 11) is 0. The summed E-state index contributed by atoms with van der Waals surface area (Å²) in [6, 6.07) is 6.41. The van der Waals surface area contributed by atoms with E-state index in [1.54, 1.807) is 4.90 Å². The van der Waals surface area contributed by atoms with Crippen molar-refractivity contribution >= 4 is 29.3 Å². The zero-order valence-corrected chi connectivity index (χ0v) is 28.7. The number of nitrogen functional groups attached to an aromatic ring is 1. The van der Waals surface area contributed by atoms with Crippen molar-refractivity contribution in [2.75, 3.05) is 70.0 Å². The summed E-state index contributed by atoms with van der Waals surface area (Å²) in [5, 5.41) is 8.91. The van der Waals surface area contributed by atoms with E-state index in [1.807, 2.05) is 24.3 Å². The number of rotatable bonds is 6. The summed E-state index contributed by atoms with van der Waals surface area (Å²) in [5.41, 5.74) is 1.92. The van der Waals surface area contributed by atoms with Gasteiger partial charge in [0.15, 0.2) is 0 Å². The number of piperazine rings is 1. The highest BCUT2D eigenvalue weighted by atomic mass is 19.4. The van der Waals surface area contributed by atoms with Gasteiger partial charge in [-0.15, -0.1) is 0 Å². The molecule has 0 spiro atoms. The topological polar surface area (TPSA) is 126 Å². The molecule has 2 aromatic rings. The molecular weight excluding hydrogens is 694 g/mol. The zero-order valence-electron chi connectivity index (χ0n) is 28.7. The van der Waals surface area contributed by atoms with E-state index in [9.17, 15) is 40.7 Å². The lowest BCUT2D eigenvalue weighted by atomic mass is 9.96. The van der Waals surface area contributed by atoms with Crippen molar-refractivity contribution < 1.29 is 40.7 Å². The Morgan fingerprint density at radius 3 is 2.06 bits per heavy atom. The average molecular weight is 739 g/mol. The number of hydrogen-bond acceptors (Lipinski definition) is 6. The number of hydrogen-bond donors (Lipinski definition) is 4. The van der Waals surface area contributed by atoms with Gasteiger partial charge in [0.2, 0.25) is 5.91 Å². The van der Waals surface area contributed by atoms with E-state index in [1.165, 1.54) is 9.80 Å². The van der Waals surface area contributed by atoms with E-state index in [0.717, 1.165) is 37.2 Å². The van der Waals surface area contributed by atoms with Crippen molar-refractivity contribution in [3.8, 4) is 0 Å². The van der Waals surface area contributed by atoms with Gasteiger partial charge in [-0.3, -0.25) is 9.69 Å². The molecule has 3 saturated heterocycles. The first-order chi connectivity index (χ1) is 24.7. The molecule has 52 heavy (non-hydrogen) atoms. The van der Waals surface area contributed by atoms with Crippen molar-refractivity contribution in [1.29, 1.82) is 0 Å². The Morgan fingerprint density at radius 2 is 1.44 bits per heavy atom. The molecule has 284 valence electrons. The molecule has 4 heterocycles. The van der Waals surface area contributed by atoms with Crippen LogP contribution in [0.1, 0.15) is 47.9 Å². The minimum atomic E-state index is -5.19. The molecule has 0 aliphatic carbocycles. The molecule has 3 fully saturated rings. The van der Waals surface area contributed by atoms with Crippen molar-refractivity contribution in [3.63, 3.8) is 0 Å². The number of nitrogens with two attached hydrogens (primary N) is 1. The third kappa shape index (κ3) is 8.51. The molecule has 4 aliphatic heterocycles. The quantitative estimate of drug-likeness (QED) is 0.258. The SMILES string of the molecule is Nc1c(C(F)(F)F)cc(C[C@@H](NC(=O)N2CCC(N3CCc4ccccc4NC3=O)CC2)C(=O)N2CCN(C3CCNCC3)CC2)cc1C(F)(F)F. The molecule has 0 unspecified atom stereocenters. The summed E-state index contributed by atoms with van der Waals surface area (Å²) < 4.78 is 83.2. The van der Waals surface area contributed by atoms with E-state index < -0.39 is 59.1 Å². The van der Waals surface area contributed by atoms with E-state index in [-0.39, 0.29) is 25.2 Å². The third-order valence-corrected chi connectivity index (χ3v) is 10.7. The number of nitrogens with zero attached hydrogens (tertiary/aromatic N) is 4. The van der Waals surface area contributed by atoms with Gasteiger partial charge >= 0.3 is 24.4 Å². The number of carbonyl (C=O) groups excluding carboxylic acids is 3. The molecule has 2 aromatic carbocycles. The summed E-state index contributed by atoms with van der Waals surface area (Å²) in [6.07, 6.45) is -7.54. The number of amides is 5. The number of piperidine rings is 2. The fourth-order valence-electron chi connectivity index (χ4n) is 7.79. The first-order valence-corrected chi connectivity index (χ1v) is 17.7. The Labute approximate surface area is 297 Å². The van der Waals surface area contributed by atoms with Gasteiger partial charge in [-0.05, 0) is 74.5 Å². The van der Waals surface area contributed by atoms with Gasteiger partial charge in [0.25, 0.3) is 0 Å². The highest BCUT2D eigenvalue weighted by Crippen LogP contribution is 2.42. The molecule has 5 amide bonds. The summed E-state index contributed by atoms with van der Waals surface area (Å²) >= 11 is 0. The molecule has 17 heteroatoms. The second kappa shape index (κ2) is 15.4. The van der Waals surface area contributed by atoms with Gasteiger partial charge in [-0.2, -0.15) is 26.3 Å². The Hall–Kier alpha value is -4.25. The second-order valence-corrected chi connectivity index (χ2v) is 13.9. The number of para-hydroxylation sites is 1. The number of fused-ring (bicyclic) bond motifs is 1. The minimum Gasteiger partial charge on any atom is -0.398 e. The summed E-state index contributed by atoms with van der Waals surface area (Å²) in [4.78, 5) is 47.7. The van der Waals surface area contributed by atoms with Crippen molar-refractivity contribution in [2.24, 2.45) is 0 Å². The Morgan fingerprint density at radius 1 is 0.827 bits per heavy atom. The smallest absolute Gasteiger partial charge is 0.398 e. The average Bonchev–Trinajstić information content (AvgIpc) is 3.29. The van der Waals surface area contributed by atoms with Crippen LogP contribution >= 0.6 is 0 Å². The van der Waals surface area contributed by atoms with Crippen molar-refractivity contribution in [2.45, 2.75) is 69.0 Å². The van der Waals surface area contributed by atoms with E-state index in [4.69, 9.17) is 5.73 Å². The summed E-state index contributed by atoms with van der Waals surface area (Å²) in [6.45, 7) is 4.41. The lowest BCUT2D eigenvalue weighted by Gasteiger charge is -2.42. The zero-order chi connectivity index (χ0) is 37.2. The molecule has 0 saturated carbocycles. The highest BCUT2D eigenvalue weighted by Gasteiger charge is 2.42. The molecule has 4 aliphatic rings. The van der Waals surface area contributed by atoms with Crippen LogP contribution in [0.4, 0.5) is 47.3 Å². The fourth-order valence-corrected chi connectivity index (χ4v) is 7.79. The molecule has 6 rings (SSSR count). The number of likely N-dealkylation sites (tertiary alicyclic amines) is 1.